The van der Waals surface area contributed by atoms with E-state index in [-0.39, 0.29) is 11.9 Å². The summed E-state index contributed by atoms with van der Waals surface area (Å²) in [4.78, 5) is 23.1. The molecule has 6 heteroatoms. The van der Waals surface area contributed by atoms with Crippen LogP contribution in [0.5, 0.6) is 11.6 Å². The van der Waals surface area contributed by atoms with Crippen LogP contribution >= 0.6 is 0 Å². The van der Waals surface area contributed by atoms with Gasteiger partial charge in [-0.1, -0.05) is 30.3 Å². The number of carbonyl (C=O) groups excluding carboxylic acids is 1. The molecule has 27 heavy (non-hydrogen) atoms. The maximum atomic E-state index is 12.8. The lowest BCUT2D eigenvalue weighted by Gasteiger charge is -2.32. The van der Waals surface area contributed by atoms with Crippen molar-refractivity contribution in [2.45, 2.75) is 12.6 Å². The largest absolute Gasteiger partial charge is 0.437 e. The number of carbonyl (C=O) groups is 1. The molecule has 1 aliphatic rings. The molecule has 0 bridgehead atoms. The number of fused-ring (bicyclic) bond motifs is 1. The maximum Gasteiger partial charge on any atom is 0.251 e. The van der Waals surface area contributed by atoms with E-state index in [1.165, 1.54) is 17.3 Å². The summed E-state index contributed by atoms with van der Waals surface area (Å²) in [5, 5.41) is 3.15. The third-order valence-corrected chi connectivity index (χ3v) is 4.53. The summed E-state index contributed by atoms with van der Waals surface area (Å²) in [7, 11) is 2.06. The van der Waals surface area contributed by atoms with Gasteiger partial charge >= 0.3 is 0 Å². The van der Waals surface area contributed by atoms with Crippen molar-refractivity contribution >= 4 is 5.91 Å². The first-order valence-electron chi connectivity index (χ1n) is 8.80. The highest BCUT2D eigenvalue weighted by atomic mass is 16.5. The van der Waals surface area contributed by atoms with Gasteiger partial charge in [-0.05, 0) is 36.4 Å². The average Bonchev–Trinajstić information content (AvgIpc) is 2.69. The molecule has 1 aromatic heterocycles. The molecule has 0 fully saturated rings. The molecule has 1 aliphatic heterocycles. The summed E-state index contributed by atoms with van der Waals surface area (Å²) >= 11 is 0. The zero-order chi connectivity index (χ0) is 18.6. The van der Waals surface area contributed by atoms with Gasteiger partial charge in [0.1, 0.15) is 5.75 Å². The molecule has 2 heterocycles. The third kappa shape index (κ3) is 3.96. The number of nitrogens with zero attached hydrogens (tertiary/aromatic N) is 3. The topological polar surface area (TPSA) is 67.4 Å². The summed E-state index contributed by atoms with van der Waals surface area (Å²) in [6.45, 7) is 1.67. The molecule has 0 saturated carbocycles. The Hall–Kier alpha value is -3.25. The highest BCUT2D eigenvalue weighted by Gasteiger charge is 2.24. The van der Waals surface area contributed by atoms with Gasteiger partial charge in [0, 0.05) is 31.0 Å². The van der Waals surface area contributed by atoms with Crippen LogP contribution in [0.2, 0.25) is 0 Å². The number of rotatable bonds is 4. The summed E-state index contributed by atoms with van der Waals surface area (Å²) in [6, 6.07) is 15.3. The van der Waals surface area contributed by atoms with E-state index >= 15 is 0 Å². The van der Waals surface area contributed by atoms with Gasteiger partial charge in [-0.15, -0.1) is 0 Å². The number of aromatic nitrogens is 2. The summed E-state index contributed by atoms with van der Waals surface area (Å²) in [5.74, 6) is 0.803. The molecule has 0 saturated heterocycles. The first-order valence-corrected chi connectivity index (χ1v) is 8.80. The van der Waals surface area contributed by atoms with Gasteiger partial charge in [0.25, 0.3) is 5.91 Å². The molecule has 2 aromatic carbocycles. The fourth-order valence-electron chi connectivity index (χ4n) is 3.31. The quantitative estimate of drug-likeness (QED) is 0.774. The van der Waals surface area contributed by atoms with Gasteiger partial charge in [-0.25, -0.2) is 4.98 Å². The number of amides is 1. The fraction of sp³-hybridized carbons (Fsp3) is 0.190. The minimum absolute atomic E-state index is 0.0444. The Bertz CT molecular complexity index is 946. The van der Waals surface area contributed by atoms with Crippen molar-refractivity contribution in [3.8, 4) is 11.6 Å². The molecule has 136 valence electrons. The Morgan fingerprint density at radius 1 is 1.19 bits per heavy atom. The Labute approximate surface area is 157 Å². The lowest BCUT2D eigenvalue weighted by Crippen LogP contribution is -2.40. The van der Waals surface area contributed by atoms with Crippen LogP contribution in [0.3, 0.4) is 0 Å². The predicted octanol–water partition coefficient (Wildman–Crippen LogP) is 3.19. The van der Waals surface area contributed by atoms with Crippen molar-refractivity contribution in [3.63, 3.8) is 0 Å². The highest BCUT2D eigenvalue weighted by molar-refractivity contribution is 5.94. The molecule has 1 atom stereocenters. The Kier molecular flexibility index (Phi) is 4.80. The van der Waals surface area contributed by atoms with Crippen LogP contribution in [0.4, 0.5) is 0 Å². The predicted molar refractivity (Wildman–Crippen MR) is 102 cm³/mol. The third-order valence-electron chi connectivity index (χ3n) is 4.53. The van der Waals surface area contributed by atoms with Crippen LogP contribution in [0.25, 0.3) is 0 Å². The SMILES string of the molecule is CN1Cc2ccccc2C(NC(=O)c2cccc(Oc3cnccn3)c2)C1. The monoisotopic (exact) mass is 360 g/mol. The summed E-state index contributed by atoms with van der Waals surface area (Å²) in [5.41, 5.74) is 2.97. The first-order chi connectivity index (χ1) is 13.2. The fourth-order valence-corrected chi connectivity index (χ4v) is 3.31. The van der Waals surface area contributed by atoms with Gasteiger partial charge in [0.15, 0.2) is 0 Å². The van der Waals surface area contributed by atoms with E-state index < -0.39 is 0 Å². The zero-order valence-corrected chi connectivity index (χ0v) is 15.0. The van der Waals surface area contributed by atoms with Crippen LogP contribution in [0, 0.1) is 0 Å². The molecule has 1 unspecified atom stereocenters. The number of nitrogens with one attached hydrogen (secondary N) is 1. The van der Waals surface area contributed by atoms with Gasteiger partial charge in [0.05, 0.1) is 12.2 Å². The minimum atomic E-state index is -0.130. The Morgan fingerprint density at radius 2 is 2.07 bits per heavy atom. The van der Waals surface area contributed by atoms with Crippen molar-refractivity contribution < 1.29 is 9.53 Å². The number of likely N-dealkylation sites (N-methyl/N-ethyl adjacent to an activating group) is 1. The zero-order valence-electron chi connectivity index (χ0n) is 15.0. The van der Waals surface area contributed by atoms with E-state index in [1.54, 1.807) is 36.7 Å². The molecule has 4 rings (SSSR count). The van der Waals surface area contributed by atoms with E-state index in [1.807, 2.05) is 12.1 Å². The van der Waals surface area contributed by atoms with E-state index in [4.69, 9.17) is 4.74 Å². The van der Waals surface area contributed by atoms with Crippen LogP contribution in [0.15, 0.2) is 67.1 Å². The number of hydrogen-bond acceptors (Lipinski definition) is 5. The van der Waals surface area contributed by atoms with Gasteiger partial charge in [0.2, 0.25) is 5.88 Å². The maximum absolute atomic E-state index is 12.8. The van der Waals surface area contributed by atoms with Crippen LogP contribution in [-0.2, 0) is 6.54 Å². The molecule has 0 spiro atoms. The molecule has 6 nitrogen and oxygen atoms in total. The number of hydrogen-bond donors (Lipinski definition) is 1. The van der Waals surface area contributed by atoms with Crippen LogP contribution in [-0.4, -0.2) is 34.4 Å². The van der Waals surface area contributed by atoms with Gasteiger partial charge in [-0.2, -0.15) is 0 Å². The molecule has 0 radical (unpaired) electrons. The standard InChI is InChI=1S/C21H20N4O2/c1-25-13-16-5-2-3-8-18(16)19(14-25)24-21(26)15-6-4-7-17(11-15)27-20-12-22-9-10-23-20/h2-12,19H,13-14H2,1H3,(H,24,26). The molecule has 1 N–H and O–H groups in total. The van der Waals surface area contributed by atoms with Crippen molar-refractivity contribution in [2.24, 2.45) is 0 Å². The van der Waals surface area contributed by atoms with E-state index in [2.05, 4.69) is 39.4 Å². The van der Waals surface area contributed by atoms with Crippen LogP contribution in [0.1, 0.15) is 27.5 Å². The normalized spacial score (nSPS) is 16.4. The molecular formula is C21H20N4O2. The molecule has 1 amide bonds. The lowest BCUT2D eigenvalue weighted by atomic mass is 9.95. The van der Waals surface area contributed by atoms with Crippen LogP contribution < -0.4 is 10.1 Å². The van der Waals surface area contributed by atoms with Crippen molar-refractivity contribution in [3.05, 3.63) is 83.8 Å². The smallest absolute Gasteiger partial charge is 0.251 e. The van der Waals surface area contributed by atoms with E-state index in [9.17, 15) is 4.79 Å². The second kappa shape index (κ2) is 7.55. The Morgan fingerprint density at radius 3 is 2.93 bits per heavy atom. The summed E-state index contributed by atoms with van der Waals surface area (Å²) in [6.07, 6.45) is 4.67. The van der Waals surface area contributed by atoms with Crippen molar-refractivity contribution in [2.75, 3.05) is 13.6 Å². The lowest BCUT2D eigenvalue weighted by molar-refractivity contribution is 0.0921. The van der Waals surface area contributed by atoms with Gasteiger partial charge in [-0.3, -0.25) is 14.7 Å². The Balaban J connectivity index is 1.51. The second-order valence-electron chi connectivity index (χ2n) is 6.60. The molecular weight excluding hydrogens is 340 g/mol. The highest BCUT2D eigenvalue weighted by Crippen LogP contribution is 2.26. The van der Waals surface area contributed by atoms with Gasteiger partial charge < -0.3 is 10.1 Å². The average molecular weight is 360 g/mol. The second-order valence-corrected chi connectivity index (χ2v) is 6.60. The molecule has 3 aromatic rings. The number of benzene rings is 2. The van der Waals surface area contributed by atoms with Crippen molar-refractivity contribution in [1.82, 2.24) is 20.2 Å². The number of ether oxygens (including phenoxy) is 1. The minimum Gasteiger partial charge on any atom is -0.437 e. The first kappa shape index (κ1) is 17.2. The van der Waals surface area contributed by atoms with Crippen molar-refractivity contribution in [1.29, 1.82) is 0 Å². The van der Waals surface area contributed by atoms with E-state index in [0.29, 0.717) is 17.2 Å². The molecule has 0 aliphatic carbocycles. The summed E-state index contributed by atoms with van der Waals surface area (Å²) < 4.78 is 5.67. The van der Waals surface area contributed by atoms with E-state index in [0.717, 1.165) is 13.1 Å².